The Bertz CT molecular complexity index is 541. The van der Waals surface area contributed by atoms with E-state index in [4.69, 9.17) is 5.73 Å². The van der Waals surface area contributed by atoms with Crippen LogP contribution < -0.4 is 15.8 Å². The van der Waals surface area contributed by atoms with Gasteiger partial charge in [-0.3, -0.25) is 4.99 Å². The minimum atomic E-state index is -4.71. The lowest BCUT2D eigenvalue weighted by Gasteiger charge is -2.11. The molecular weight excluding hydrogens is 283 g/mol. The van der Waals surface area contributed by atoms with Crippen molar-refractivity contribution in [3.05, 3.63) is 24.3 Å². The van der Waals surface area contributed by atoms with E-state index in [-0.39, 0.29) is 11.7 Å². The largest absolute Gasteiger partial charge is 0.573 e. The summed E-state index contributed by atoms with van der Waals surface area (Å²) in [6.07, 6.45) is -3.60. The number of hydrogen-bond acceptors (Lipinski definition) is 2. The Morgan fingerprint density at radius 1 is 1.48 bits per heavy atom. The van der Waals surface area contributed by atoms with E-state index in [0.717, 1.165) is 6.42 Å². The first-order valence-electron chi connectivity index (χ1n) is 6.58. The molecule has 1 aliphatic rings. The number of alkyl halides is 3. The predicted octanol–water partition coefficient (Wildman–Crippen LogP) is 3.36. The molecule has 1 atom stereocenters. The van der Waals surface area contributed by atoms with E-state index in [9.17, 15) is 13.2 Å². The van der Waals surface area contributed by atoms with Crippen LogP contribution in [0, 0.1) is 11.3 Å². The molecule has 1 fully saturated rings. The van der Waals surface area contributed by atoms with Gasteiger partial charge in [0.2, 0.25) is 0 Å². The molecule has 1 aliphatic carbocycles. The summed E-state index contributed by atoms with van der Waals surface area (Å²) in [5, 5.41) is 2.76. The zero-order valence-corrected chi connectivity index (χ0v) is 11.9. The fourth-order valence-electron chi connectivity index (χ4n) is 2.05. The number of ether oxygens (including phenoxy) is 1. The number of nitrogens with zero attached hydrogens (tertiary/aromatic N) is 1. The number of anilines is 1. The maximum atomic E-state index is 12.1. The van der Waals surface area contributed by atoms with Crippen LogP contribution in [-0.2, 0) is 0 Å². The molecule has 0 bridgehead atoms. The van der Waals surface area contributed by atoms with E-state index in [1.807, 2.05) is 0 Å². The zero-order chi connectivity index (χ0) is 15.7. The first-order chi connectivity index (χ1) is 9.66. The Morgan fingerprint density at radius 3 is 2.71 bits per heavy atom. The van der Waals surface area contributed by atoms with Crippen LogP contribution in [0.2, 0.25) is 0 Å². The van der Waals surface area contributed by atoms with Gasteiger partial charge in [-0.2, -0.15) is 0 Å². The van der Waals surface area contributed by atoms with Crippen molar-refractivity contribution in [2.45, 2.75) is 26.6 Å². The van der Waals surface area contributed by atoms with Crippen molar-refractivity contribution >= 4 is 11.6 Å². The summed E-state index contributed by atoms with van der Waals surface area (Å²) in [6, 6.07) is 5.48. The molecular formula is C14H18F3N3O. The molecule has 1 aromatic carbocycles. The van der Waals surface area contributed by atoms with E-state index in [2.05, 4.69) is 28.9 Å². The number of rotatable bonds is 4. The van der Waals surface area contributed by atoms with Crippen LogP contribution in [0.25, 0.3) is 0 Å². The highest BCUT2D eigenvalue weighted by Crippen LogP contribution is 2.51. The standard InChI is InChI=1S/C14H18F3N3O/c1-13(2)7-9(13)8-19-12(18)20-10-4-3-5-11(6-10)21-14(15,16)17/h3-6,9H,7-8H2,1-2H3,(H3,18,19,20). The van der Waals surface area contributed by atoms with E-state index in [1.54, 1.807) is 6.07 Å². The van der Waals surface area contributed by atoms with Crippen molar-refractivity contribution in [2.24, 2.45) is 22.1 Å². The molecule has 0 amide bonds. The van der Waals surface area contributed by atoms with Gasteiger partial charge >= 0.3 is 6.36 Å². The van der Waals surface area contributed by atoms with Gasteiger partial charge in [-0.25, -0.2) is 0 Å². The summed E-state index contributed by atoms with van der Waals surface area (Å²) in [4.78, 5) is 4.20. The average Bonchev–Trinajstić information content (AvgIpc) is 2.93. The topological polar surface area (TPSA) is 59.6 Å². The minimum absolute atomic E-state index is 0.182. The van der Waals surface area contributed by atoms with Crippen LogP contribution in [0.1, 0.15) is 20.3 Å². The number of nitrogens with two attached hydrogens (primary N) is 1. The van der Waals surface area contributed by atoms with Gasteiger partial charge in [0.15, 0.2) is 5.96 Å². The van der Waals surface area contributed by atoms with Crippen LogP contribution in [0.3, 0.4) is 0 Å². The van der Waals surface area contributed by atoms with Gasteiger partial charge < -0.3 is 15.8 Å². The molecule has 21 heavy (non-hydrogen) atoms. The molecule has 1 saturated carbocycles. The third-order valence-corrected chi connectivity index (χ3v) is 3.54. The summed E-state index contributed by atoms with van der Waals surface area (Å²) in [7, 11) is 0. The van der Waals surface area contributed by atoms with Crippen molar-refractivity contribution in [2.75, 3.05) is 11.9 Å². The molecule has 0 spiro atoms. The number of halogens is 3. The fourth-order valence-corrected chi connectivity index (χ4v) is 2.05. The average molecular weight is 301 g/mol. The number of nitrogens with one attached hydrogen (secondary N) is 1. The molecule has 0 heterocycles. The molecule has 0 saturated heterocycles. The number of benzene rings is 1. The molecule has 3 N–H and O–H groups in total. The van der Waals surface area contributed by atoms with Gasteiger partial charge in [0.25, 0.3) is 0 Å². The second-order valence-electron chi connectivity index (χ2n) is 5.82. The Kier molecular flexibility index (Phi) is 4.02. The Balaban J connectivity index is 1.93. The smallest absolute Gasteiger partial charge is 0.406 e. The van der Waals surface area contributed by atoms with Crippen molar-refractivity contribution in [1.82, 2.24) is 0 Å². The highest BCUT2D eigenvalue weighted by atomic mass is 19.4. The minimum Gasteiger partial charge on any atom is -0.406 e. The molecule has 4 nitrogen and oxygen atoms in total. The van der Waals surface area contributed by atoms with E-state index >= 15 is 0 Å². The first kappa shape index (κ1) is 15.5. The summed E-state index contributed by atoms with van der Waals surface area (Å²) in [6.45, 7) is 4.94. The quantitative estimate of drug-likeness (QED) is 0.662. The van der Waals surface area contributed by atoms with Gasteiger partial charge in [0.1, 0.15) is 5.75 Å². The Hall–Kier alpha value is -1.92. The second-order valence-corrected chi connectivity index (χ2v) is 5.82. The third-order valence-electron chi connectivity index (χ3n) is 3.54. The van der Waals surface area contributed by atoms with Crippen LogP contribution >= 0.6 is 0 Å². The van der Waals surface area contributed by atoms with Gasteiger partial charge in [0, 0.05) is 18.3 Å². The maximum absolute atomic E-state index is 12.1. The number of hydrogen-bond donors (Lipinski definition) is 2. The number of aliphatic imine (C=N–C) groups is 1. The molecule has 0 radical (unpaired) electrons. The summed E-state index contributed by atoms with van der Waals surface area (Å²) >= 11 is 0. The third kappa shape index (κ3) is 4.84. The molecule has 2 rings (SSSR count). The molecule has 7 heteroatoms. The normalized spacial score (nSPS) is 21.0. The molecule has 0 aromatic heterocycles. The van der Waals surface area contributed by atoms with Crippen LogP contribution in [-0.4, -0.2) is 18.9 Å². The van der Waals surface area contributed by atoms with Crippen molar-refractivity contribution in [1.29, 1.82) is 0 Å². The van der Waals surface area contributed by atoms with Gasteiger partial charge in [-0.05, 0) is 29.9 Å². The van der Waals surface area contributed by atoms with Crippen molar-refractivity contribution < 1.29 is 17.9 Å². The van der Waals surface area contributed by atoms with E-state index in [0.29, 0.717) is 23.6 Å². The molecule has 0 aliphatic heterocycles. The fraction of sp³-hybridized carbons (Fsp3) is 0.500. The van der Waals surface area contributed by atoms with Gasteiger partial charge in [-0.1, -0.05) is 19.9 Å². The van der Waals surface area contributed by atoms with E-state index < -0.39 is 6.36 Å². The Labute approximate surface area is 121 Å². The highest BCUT2D eigenvalue weighted by Gasteiger charge is 2.45. The highest BCUT2D eigenvalue weighted by molar-refractivity contribution is 5.92. The Morgan fingerprint density at radius 2 is 2.14 bits per heavy atom. The molecule has 1 unspecified atom stereocenters. The second kappa shape index (κ2) is 5.46. The molecule has 1 aromatic rings. The predicted molar refractivity (Wildman–Crippen MR) is 75.1 cm³/mol. The monoisotopic (exact) mass is 301 g/mol. The summed E-state index contributed by atoms with van der Waals surface area (Å²) in [5.41, 5.74) is 6.43. The summed E-state index contributed by atoms with van der Waals surface area (Å²) in [5.74, 6) is 0.392. The SMILES string of the molecule is CC1(C)CC1CN=C(N)Nc1cccc(OC(F)(F)F)c1. The summed E-state index contributed by atoms with van der Waals surface area (Å²) < 4.78 is 40.2. The lowest BCUT2D eigenvalue weighted by molar-refractivity contribution is -0.274. The molecule has 116 valence electrons. The van der Waals surface area contributed by atoms with E-state index in [1.165, 1.54) is 18.2 Å². The first-order valence-corrected chi connectivity index (χ1v) is 6.58. The van der Waals surface area contributed by atoms with Crippen LogP contribution in [0.4, 0.5) is 18.9 Å². The van der Waals surface area contributed by atoms with Crippen LogP contribution in [0.5, 0.6) is 5.75 Å². The van der Waals surface area contributed by atoms with Crippen molar-refractivity contribution in [3.8, 4) is 5.75 Å². The maximum Gasteiger partial charge on any atom is 0.573 e. The van der Waals surface area contributed by atoms with Crippen LogP contribution in [0.15, 0.2) is 29.3 Å². The van der Waals surface area contributed by atoms with Gasteiger partial charge in [-0.15, -0.1) is 13.2 Å². The lowest BCUT2D eigenvalue weighted by atomic mass is 10.1. The lowest BCUT2D eigenvalue weighted by Crippen LogP contribution is -2.23. The zero-order valence-electron chi connectivity index (χ0n) is 11.9. The number of guanidine groups is 1. The van der Waals surface area contributed by atoms with Crippen molar-refractivity contribution in [3.63, 3.8) is 0 Å². The van der Waals surface area contributed by atoms with Gasteiger partial charge in [0.05, 0.1) is 0 Å².